The minimum Gasteiger partial charge on any atom is -0.456 e. The van der Waals surface area contributed by atoms with Crippen molar-refractivity contribution in [2.75, 3.05) is 5.32 Å². The zero-order valence-corrected chi connectivity index (χ0v) is 20.9. The van der Waals surface area contributed by atoms with Crippen LogP contribution in [0.25, 0.3) is 44.2 Å². The van der Waals surface area contributed by atoms with E-state index in [-0.39, 0.29) is 5.41 Å². The first-order valence-corrected chi connectivity index (χ1v) is 12.4. The van der Waals surface area contributed by atoms with Gasteiger partial charge in [0.2, 0.25) is 0 Å². The largest absolute Gasteiger partial charge is 0.456 e. The SMILES string of the molecule is CC(C)(C)c1cc(-c2ccccc2)ccc1-c1ccc(Nc2ccc3c(c2)oc2ccccc23)cc1. The van der Waals surface area contributed by atoms with Crippen molar-refractivity contribution in [3.63, 3.8) is 0 Å². The van der Waals surface area contributed by atoms with Gasteiger partial charge >= 0.3 is 0 Å². The Kier molecular flexibility index (Phi) is 5.38. The number of benzene rings is 5. The molecule has 0 saturated carbocycles. The number of hydrogen-bond acceptors (Lipinski definition) is 2. The predicted molar refractivity (Wildman–Crippen MR) is 153 cm³/mol. The number of hydrogen-bond donors (Lipinski definition) is 1. The molecule has 6 rings (SSSR count). The smallest absolute Gasteiger partial charge is 0.137 e. The van der Waals surface area contributed by atoms with E-state index in [2.05, 4.69) is 123 Å². The molecule has 0 aliphatic heterocycles. The van der Waals surface area contributed by atoms with Gasteiger partial charge < -0.3 is 9.73 Å². The number of furan rings is 1. The molecule has 0 bridgehead atoms. The van der Waals surface area contributed by atoms with Crippen molar-refractivity contribution in [1.82, 2.24) is 0 Å². The maximum Gasteiger partial charge on any atom is 0.137 e. The van der Waals surface area contributed by atoms with Gasteiger partial charge in [0.1, 0.15) is 11.2 Å². The van der Waals surface area contributed by atoms with Crippen molar-refractivity contribution in [3.8, 4) is 22.3 Å². The summed E-state index contributed by atoms with van der Waals surface area (Å²) in [6.07, 6.45) is 0. The first kappa shape index (κ1) is 22.2. The first-order valence-electron chi connectivity index (χ1n) is 12.4. The van der Waals surface area contributed by atoms with Crippen LogP contribution in [0.15, 0.2) is 120 Å². The topological polar surface area (TPSA) is 25.2 Å². The average molecular weight is 468 g/mol. The molecule has 0 atom stereocenters. The van der Waals surface area contributed by atoms with Crippen LogP contribution in [0.1, 0.15) is 26.3 Å². The second kappa shape index (κ2) is 8.73. The van der Waals surface area contributed by atoms with E-state index in [1.807, 2.05) is 18.2 Å². The molecule has 1 aromatic heterocycles. The molecule has 0 unspecified atom stereocenters. The normalized spacial score (nSPS) is 11.8. The lowest BCUT2D eigenvalue weighted by atomic mass is 9.80. The van der Waals surface area contributed by atoms with Crippen LogP contribution in [0, 0.1) is 0 Å². The van der Waals surface area contributed by atoms with E-state index < -0.39 is 0 Å². The molecule has 36 heavy (non-hydrogen) atoms. The quantitative estimate of drug-likeness (QED) is 0.279. The molecule has 6 aromatic rings. The molecule has 0 aliphatic rings. The molecule has 2 nitrogen and oxygen atoms in total. The molecular weight excluding hydrogens is 438 g/mol. The Balaban J connectivity index is 1.30. The summed E-state index contributed by atoms with van der Waals surface area (Å²) in [7, 11) is 0. The number of rotatable bonds is 4. The zero-order chi connectivity index (χ0) is 24.7. The molecular formula is C34H29NO. The summed E-state index contributed by atoms with van der Waals surface area (Å²) in [6.45, 7) is 6.85. The van der Waals surface area contributed by atoms with Crippen molar-refractivity contribution in [3.05, 3.63) is 121 Å². The fraction of sp³-hybridized carbons (Fsp3) is 0.118. The van der Waals surface area contributed by atoms with Gasteiger partial charge in [-0.15, -0.1) is 0 Å². The minimum atomic E-state index is 0.0268. The summed E-state index contributed by atoms with van der Waals surface area (Å²) in [6, 6.07) is 40.6. The summed E-state index contributed by atoms with van der Waals surface area (Å²) in [5.74, 6) is 0. The summed E-state index contributed by atoms with van der Waals surface area (Å²) in [5.41, 5.74) is 10.2. The Bertz CT molecular complexity index is 1670. The predicted octanol–water partition coefficient (Wildman–Crippen LogP) is 9.96. The lowest BCUT2D eigenvalue weighted by molar-refractivity contribution is 0.592. The van der Waals surface area contributed by atoms with E-state index in [1.165, 1.54) is 27.8 Å². The summed E-state index contributed by atoms with van der Waals surface area (Å²) in [4.78, 5) is 0. The number of fused-ring (bicyclic) bond motifs is 3. The lowest BCUT2D eigenvalue weighted by Crippen LogP contribution is -2.13. The van der Waals surface area contributed by atoms with Crippen molar-refractivity contribution < 1.29 is 4.42 Å². The monoisotopic (exact) mass is 467 g/mol. The van der Waals surface area contributed by atoms with Gasteiger partial charge in [-0.2, -0.15) is 0 Å². The Labute approximate surface area is 212 Å². The van der Waals surface area contributed by atoms with Gasteiger partial charge in [0, 0.05) is 28.2 Å². The van der Waals surface area contributed by atoms with E-state index in [4.69, 9.17) is 4.42 Å². The third-order valence-electron chi connectivity index (χ3n) is 6.80. The maximum absolute atomic E-state index is 6.05. The van der Waals surface area contributed by atoms with Crippen LogP contribution < -0.4 is 5.32 Å². The highest BCUT2D eigenvalue weighted by Crippen LogP contribution is 2.37. The molecule has 5 aromatic carbocycles. The molecule has 0 spiro atoms. The van der Waals surface area contributed by atoms with Gasteiger partial charge in [0.05, 0.1) is 0 Å². The second-order valence-electron chi connectivity index (χ2n) is 10.4. The van der Waals surface area contributed by atoms with Crippen LogP contribution in [0.2, 0.25) is 0 Å². The number of nitrogens with one attached hydrogen (secondary N) is 1. The summed E-state index contributed by atoms with van der Waals surface area (Å²) < 4.78 is 6.05. The van der Waals surface area contributed by atoms with E-state index in [0.29, 0.717) is 0 Å². The van der Waals surface area contributed by atoms with Crippen LogP contribution in [-0.2, 0) is 5.41 Å². The molecule has 2 heteroatoms. The average Bonchev–Trinajstić information content (AvgIpc) is 3.27. The molecule has 0 radical (unpaired) electrons. The van der Waals surface area contributed by atoms with Crippen LogP contribution in [0.3, 0.4) is 0 Å². The van der Waals surface area contributed by atoms with E-state index in [1.54, 1.807) is 0 Å². The second-order valence-corrected chi connectivity index (χ2v) is 10.4. The Hall–Kier alpha value is -4.30. The van der Waals surface area contributed by atoms with E-state index >= 15 is 0 Å². The van der Waals surface area contributed by atoms with E-state index in [9.17, 15) is 0 Å². The van der Waals surface area contributed by atoms with Gasteiger partial charge in [0.15, 0.2) is 0 Å². The van der Waals surface area contributed by atoms with Gasteiger partial charge in [-0.05, 0) is 63.6 Å². The van der Waals surface area contributed by atoms with Crippen molar-refractivity contribution in [2.24, 2.45) is 0 Å². The summed E-state index contributed by atoms with van der Waals surface area (Å²) in [5, 5.41) is 5.82. The van der Waals surface area contributed by atoms with Gasteiger partial charge in [-0.3, -0.25) is 0 Å². The highest BCUT2D eigenvalue weighted by Gasteiger charge is 2.20. The van der Waals surface area contributed by atoms with Gasteiger partial charge in [-0.25, -0.2) is 0 Å². The van der Waals surface area contributed by atoms with Crippen LogP contribution in [0.4, 0.5) is 11.4 Å². The molecule has 1 N–H and O–H groups in total. The van der Waals surface area contributed by atoms with Crippen molar-refractivity contribution in [2.45, 2.75) is 26.2 Å². The third kappa shape index (κ3) is 4.16. The fourth-order valence-electron chi connectivity index (χ4n) is 4.93. The third-order valence-corrected chi connectivity index (χ3v) is 6.80. The molecule has 0 amide bonds. The summed E-state index contributed by atoms with van der Waals surface area (Å²) >= 11 is 0. The standard InChI is InChI=1S/C34H29NO/c1-34(2,3)31-21-25(23-9-5-4-6-10-23)15-19-28(31)24-13-16-26(17-14-24)35-27-18-20-30-29-11-7-8-12-32(29)36-33(30)22-27/h4-22,35H,1-3H3. The van der Waals surface area contributed by atoms with Crippen LogP contribution >= 0.6 is 0 Å². The van der Waals surface area contributed by atoms with E-state index in [0.717, 1.165) is 33.3 Å². The Morgan fingerprint density at radius 2 is 1.19 bits per heavy atom. The van der Waals surface area contributed by atoms with Crippen LogP contribution in [0.5, 0.6) is 0 Å². The highest BCUT2D eigenvalue weighted by atomic mass is 16.3. The van der Waals surface area contributed by atoms with Crippen molar-refractivity contribution in [1.29, 1.82) is 0 Å². The molecule has 0 saturated heterocycles. The van der Waals surface area contributed by atoms with Crippen molar-refractivity contribution >= 4 is 33.3 Å². The Morgan fingerprint density at radius 1 is 0.528 bits per heavy atom. The van der Waals surface area contributed by atoms with Crippen LogP contribution in [-0.4, -0.2) is 0 Å². The molecule has 1 heterocycles. The van der Waals surface area contributed by atoms with Gasteiger partial charge in [0.25, 0.3) is 0 Å². The molecule has 176 valence electrons. The van der Waals surface area contributed by atoms with Gasteiger partial charge in [-0.1, -0.05) is 99.6 Å². The minimum absolute atomic E-state index is 0.0268. The highest BCUT2D eigenvalue weighted by molar-refractivity contribution is 6.05. The fourth-order valence-corrected chi connectivity index (χ4v) is 4.93. The maximum atomic E-state index is 6.05. The molecule has 0 aliphatic carbocycles. The zero-order valence-electron chi connectivity index (χ0n) is 20.9. The first-order chi connectivity index (χ1) is 17.5. The number of para-hydroxylation sites is 1. The molecule has 0 fully saturated rings. The lowest BCUT2D eigenvalue weighted by Gasteiger charge is -2.24. The number of anilines is 2. The Morgan fingerprint density at radius 3 is 1.97 bits per heavy atom.